The SMILES string of the molecule is CCn1c(SCC(=O)Nc2ncc(Cl)cc2Cl)nc2ccccc21. The molecular formula is C16H14Cl2N4OS. The molecule has 0 atom stereocenters. The van der Waals surface area contributed by atoms with Crippen molar-refractivity contribution in [1.29, 1.82) is 0 Å². The number of anilines is 1. The minimum absolute atomic E-state index is 0.202. The number of thioether (sulfide) groups is 1. The van der Waals surface area contributed by atoms with Crippen molar-refractivity contribution in [2.75, 3.05) is 11.1 Å². The van der Waals surface area contributed by atoms with Crippen LogP contribution in [0.15, 0.2) is 41.7 Å². The lowest BCUT2D eigenvalue weighted by atomic mass is 10.3. The molecule has 0 unspecified atom stereocenters. The third-order valence-electron chi connectivity index (χ3n) is 3.33. The zero-order valence-electron chi connectivity index (χ0n) is 12.8. The summed E-state index contributed by atoms with van der Waals surface area (Å²) in [5, 5.41) is 4.22. The molecule has 1 N–H and O–H groups in total. The standard InChI is InChI=1S/C16H14Cl2N4OS/c1-2-22-13-6-4-3-5-12(13)20-16(22)24-9-14(23)21-15-11(18)7-10(17)8-19-15/h3-8H,2,9H2,1H3,(H,19,21,23). The van der Waals surface area contributed by atoms with Crippen molar-refractivity contribution in [3.8, 4) is 0 Å². The van der Waals surface area contributed by atoms with E-state index in [1.165, 1.54) is 24.0 Å². The number of benzene rings is 1. The topological polar surface area (TPSA) is 59.8 Å². The summed E-state index contributed by atoms with van der Waals surface area (Å²) in [6.45, 7) is 2.84. The van der Waals surface area contributed by atoms with Crippen LogP contribution in [0, 0.1) is 0 Å². The maximum atomic E-state index is 12.1. The van der Waals surface area contributed by atoms with Gasteiger partial charge in [0.1, 0.15) is 0 Å². The molecule has 0 spiro atoms. The quantitative estimate of drug-likeness (QED) is 0.662. The fourth-order valence-electron chi connectivity index (χ4n) is 2.27. The first-order valence-corrected chi connectivity index (χ1v) is 9.01. The van der Waals surface area contributed by atoms with Crippen molar-refractivity contribution in [2.24, 2.45) is 0 Å². The minimum atomic E-state index is -0.202. The lowest BCUT2D eigenvalue weighted by Gasteiger charge is -2.07. The fraction of sp³-hybridized carbons (Fsp3) is 0.188. The average molecular weight is 381 g/mol. The third-order valence-corrected chi connectivity index (χ3v) is 4.80. The van der Waals surface area contributed by atoms with E-state index in [4.69, 9.17) is 23.2 Å². The first-order chi connectivity index (χ1) is 11.6. The Labute approximate surface area is 153 Å². The monoisotopic (exact) mass is 380 g/mol. The molecule has 0 aliphatic heterocycles. The highest BCUT2D eigenvalue weighted by molar-refractivity contribution is 7.99. The Morgan fingerprint density at radius 1 is 1.33 bits per heavy atom. The van der Waals surface area contributed by atoms with Gasteiger partial charge in [0.2, 0.25) is 5.91 Å². The van der Waals surface area contributed by atoms with Gasteiger partial charge in [-0.1, -0.05) is 47.1 Å². The second-order valence-corrected chi connectivity index (χ2v) is 6.73. The Morgan fingerprint density at radius 3 is 2.88 bits per heavy atom. The second kappa shape index (κ2) is 7.42. The molecule has 5 nitrogen and oxygen atoms in total. The smallest absolute Gasteiger partial charge is 0.236 e. The highest BCUT2D eigenvalue weighted by Gasteiger charge is 2.13. The van der Waals surface area contributed by atoms with Crippen molar-refractivity contribution >= 4 is 57.7 Å². The number of carbonyl (C=O) groups excluding carboxylic acids is 1. The molecule has 2 aromatic heterocycles. The van der Waals surface area contributed by atoms with E-state index in [1.807, 2.05) is 24.3 Å². The number of pyridine rings is 1. The maximum absolute atomic E-state index is 12.1. The zero-order valence-corrected chi connectivity index (χ0v) is 15.1. The highest BCUT2D eigenvalue weighted by Crippen LogP contribution is 2.25. The van der Waals surface area contributed by atoms with E-state index in [0.717, 1.165) is 22.7 Å². The number of para-hydroxylation sites is 2. The summed E-state index contributed by atoms with van der Waals surface area (Å²) >= 11 is 13.2. The molecule has 0 bridgehead atoms. The molecule has 124 valence electrons. The highest BCUT2D eigenvalue weighted by atomic mass is 35.5. The van der Waals surface area contributed by atoms with Crippen molar-refractivity contribution in [3.63, 3.8) is 0 Å². The molecule has 1 amide bonds. The van der Waals surface area contributed by atoms with Gasteiger partial charge in [-0.25, -0.2) is 9.97 Å². The number of aryl methyl sites for hydroxylation is 1. The number of halogens is 2. The number of nitrogens with zero attached hydrogens (tertiary/aromatic N) is 3. The lowest BCUT2D eigenvalue weighted by molar-refractivity contribution is -0.113. The summed E-state index contributed by atoms with van der Waals surface area (Å²) in [6.07, 6.45) is 1.44. The summed E-state index contributed by atoms with van der Waals surface area (Å²) in [5.41, 5.74) is 1.98. The molecule has 0 saturated heterocycles. The van der Waals surface area contributed by atoms with E-state index in [-0.39, 0.29) is 11.7 Å². The Bertz CT molecular complexity index is 897. The van der Waals surface area contributed by atoms with E-state index in [1.54, 1.807) is 0 Å². The van der Waals surface area contributed by atoms with Gasteiger partial charge in [0.25, 0.3) is 0 Å². The van der Waals surface area contributed by atoms with Crippen LogP contribution in [0.1, 0.15) is 6.92 Å². The van der Waals surface area contributed by atoms with E-state index in [9.17, 15) is 4.79 Å². The molecule has 2 heterocycles. The van der Waals surface area contributed by atoms with Crippen molar-refractivity contribution < 1.29 is 4.79 Å². The summed E-state index contributed by atoms with van der Waals surface area (Å²) in [5.74, 6) is 0.311. The number of hydrogen-bond donors (Lipinski definition) is 1. The summed E-state index contributed by atoms with van der Waals surface area (Å²) in [6, 6.07) is 9.45. The predicted molar refractivity (Wildman–Crippen MR) is 99.0 cm³/mol. The Morgan fingerprint density at radius 2 is 2.12 bits per heavy atom. The molecule has 1 aromatic carbocycles. The van der Waals surface area contributed by atoms with Gasteiger partial charge in [-0.15, -0.1) is 0 Å². The molecule has 0 aliphatic rings. The fourth-order valence-corrected chi connectivity index (χ4v) is 3.58. The molecule has 0 fully saturated rings. The number of aromatic nitrogens is 3. The number of imidazole rings is 1. The molecule has 3 aromatic rings. The van der Waals surface area contributed by atoms with Crippen LogP contribution in [0.3, 0.4) is 0 Å². The maximum Gasteiger partial charge on any atom is 0.236 e. The number of amides is 1. The molecular weight excluding hydrogens is 367 g/mol. The number of fused-ring (bicyclic) bond motifs is 1. The first-order valence-electron chi connectivity index (χ1n) is 7.27. The second-order valence-electron chi connectivity index (χ2n) is 4.95. The van der Waals surface area contributed by atoms with Crippen LogP contribution in [0.25, 0.3) is 11.0 Å². The van der Waals surface area contributed by atoms with E-state index < -0.39 is 0 Å². The van der Waals surface area contributed by atoms with Crippen LogP contribution >= 0.6 is 35.0 Å². The first kappa shape index (κ1) is 17.1. The Kier molecular flexibility index (Phi) is 5.28. The molecule has 0 radical (unpaired) electrons. The van der Waals surface area contributed by atoms with Gasteiger partial charge >= 0.3 is 0 Å². The molecule has 0 aliphatic carbocycles. The zero-order chi connectivity index (χ0) is 17.1. The van der Waals surface area contributed by atoms with Crippen molar-refractivity contribution in [3.05, 3.63) is 46.6 Å². The van der Waals surface area contributed by atoms with Crippen LogP contribution in [0.2, 0.25) is 10.0 Å². The van der Waals surface area contributed by atoms with Gasteiger partial charge in [0, 0.05) is 12.7 Å². The van der Waals surface area contributed by atoms with E-state index in [2.05, 4.69) is 26.8 Å². The Hall–Kier alpha value is -1.76. The molecule has 8 heteroatoms. The van der Waals surface area contributed by atoms with Gasteiger partial charge in [0.05, 0.1) is 26.8 Å². The number of carbonyl (C=O) groups is 1. The largest absolute Gasteiger partial charge is 0.319 e. The summed E-state index contributed by atoms with van der Waals surface area (Å²) < 4.78 is 2.08. The van der Waals surface area contributed by atoms with Crippen LogP contribution in [0.4, 0.5) is 5.82 Å². The van der Waals surface area contributed by atoms with Gasteiger partial charge in [-0.3, -0.25) is 4.79 Å². The number of nitrogens with one attached hydrogen (secondary N) is 1. The van der Waals surface area contributed by atoms with Crippen LogP contribution < -0.4 is 5.32 Å². The Balaban J connectivity index is 1.70. The van der Waals surface area contributed by atoms with E-state index >= 15 is 0 Å². The third kappa shape index (κ3) is 3.66. The molecule has 24 heavy (non-hydrogen) atoms. The lowest BCUT2D eigenvalue weighted by Crippen LogP contribution is -2.15. The van der Waals surface area contributed by atoms with Crippen molar-refractivity contribution in [1.82, 2.24) is 14.5 Å². The van der Waals surface area contributed by atoms with Gasteiger partial charge in [0.15, 0.2) is 11.0 Å². The molecule has 3 rings (SSSR count). The molecule has 0 saturated carbocycles. The minimum Gasteiger partial charge on any atom is -0.319 e. The predicted octanol–water partition coefficient (Wildman–Crippen LogP) is 4.49. The average Bonchev–Trinajstić information content (AvgIpc) is 2.93. The van der Waals surface area contributed by atoms with Gasteiger partial charge < -0.3 is 9.88 Å². The van der Waals surface area contributed by atoms with Crippen LogP contribution in [0.5, 0.6) is 0 Å². The number of rotatable bonds is 5. The van der Waals surface area contributed by atoms with Crippen LogP contribution in [-0.2, 0) is 11.3 Å². The normalized spacial score (nSPS) is 11.0. The summed E-state index contributed by atoms with van der Waals surface area (Å²) in [4.78, 5) is 20.7. The van der Waals surface area contributed by atoms with Crippen LogP contribution in [-0.4, -0.2) is 26.2 Å². The van der Waals surface area contributed by atoms with Gasteiger partial charge in [-0.2, -0.15) is 0 Å². The number of hydrogen-bond acceptors (Lipinski definition) is 4. The van der Waals surface area contributed by atoms with Crippen molar-refractivity contribution in [2.45, 2.75) is 18.6 Å². The summed E-state index contributed by atoms with van der Waals surface area (Å²) in [7, 11) is 0. The van der Waals surface area contributed by atoms with Gasteiger partial charge in [-0.05, 0) is 25.1 Å². The van der Waals surface area contributed by atoms with E-state index in [0.29, 0.717) is 15.9 Å².